The largest absolute Gasteiger partial charge is 0.384 e. The molecule has 0 aromatic carbocycles. The second kappa shape index (κ2) is 6.67. The summed E-state index contributed by atoms with van der Waals surface area (Å²) >= 11 is 0. The average molecular weight is 237 g/mol. The van der Waals surface area contributed by atoms with Crippen molar-refractivity contribution in [2.24, 2.45) is 0 Å². The summed E-state index contributed by atoms with van der Waals surface area (Å²) in [6.45, 7) is 4.56. The maximum Gasteiger partial charge on any atom is 0.315 e. The van der Waals surface area contributed by atoms with Crippen LogP contribution in [0.15, 0.2) is 12.3 Å². The Kier molecular flexibility index (Phi) is 5.19. The molecule has 0 unspecified atom stereocenters. The summed E-state index contributed by atoms with van der Waals surface area (Å²) in [7, 11) is 0. The minimum Gasteiger partial charge on any atom is -0.384 e. The molecule has 1 aromatic rings. The Morgan fingerprint density at radius 3 is 3.00 bits per heavy atom. The highest BCUT2D eigenvalue weighted by molar-refractivity contribution is 5.74. The number of amides is 2. The first-order valence-corrected chi connectivity index (χ1v) is 5.76. The molecule has 17 heavy (non-hydrogen) atoms. The number of nitrogen functional groups attached to an aromatic ring is 1. The summed E-state index contributed by atoms with van der Waals surface area (Å²) in [6, 6.07) is 1.13. The predicted molar refractivity (Wildman–Crippen MR) is 66.3 cm³/mol. The molecular formula is C11H19N5O. The van der Waals surface area contributed by atoms with Crippen molar-refractivity contribution in [2.45, 2.75) is 32.7 Å². The molecule has 0 radical (unpaired) electrons. The van der Waals surface area contributed by atoms with Gasteiger partial charge >= 0.3 is 6.03 Å². The SMILES string of the molecule is CCCCNC(=O)N[C@@H](C)c1nccc(N)n1. The third-order valence-corrected chi connectivity index (χ3v) is 2.25. The number of nitrogens with one attached hydrogen (secondary N) is 2. The van der Waals surface area contributed by atoms with E-state index < -0.39 is 0 Å². The van der Waals surface area contributed by atoms with Gasteiger partial charge in [0, 0.05) is 12.7 Å². The van der Waals surface area contributed by atoms with Gasteiger partial charge in [0.1, 0.15) is 5.82 Å². The number of hydrogen-bond acceptors (Lipinski definition) is 4. The van der Waals surface area contributed by atoms with E-state index in [1.807, 2.05) is 6.92 Å². The number of hydrogen-bond donors (Lipinski definition) is 3. The number of nitrogens with zero attached hydrogens (tertiary/aromatic N) is 2. The molecule has 1 heterocycles. The Bertz CT molecular complexity index is 369. The molecule has 1 aromatic heterocycles. The lowest BCUT2D eigenvalue weighted by atomic mass is 10.3. The first-order chi connectivity index (χ1) is 8.13. The van der Waals surface area contributed by atoms with Gasteiger partial charge in [0.05, 0.1) is 6.04 Å². The van der Waals surface area contributed by atoms with Crippen LogP contribution in [0, 0.1) is 0 Å². The molecule has 1 rings (SSSR count). The molecule has 0 saturated heterocycles. The van der Waals surface area contributed by atoms with E-state index >= 15 is 0 Å². The highest BCUT2D eigenvalue weighted by Crippen LogP contribution is 2.06. The lowest BCUT2D eigenvalue weighted by Gasteiger charge is -2.13. The number of aromatic nitrogens is 2. The van der Waals surface area contributed by atoms with Gasteiger partial charge in [-0.15, -0.1) is 0 Å². The van der Waals surface area contributed by atoms with E-state index in [1.165, 1.54) is 0 Å². The molecule has 0 aliphatic carbocycles. The van der Waals surface area contributed by atoms with Crippen molar-refractivity contribution in [3.8, 4) is 0 Å². The van der Waals surface area contributed by atoms with Crippen LogP contribution in [0.3, 0.4) is 0 Å². The monoisotopic (exact) mass is 237 g/mol. The first kappa shape index (κ1) is 13.2. The van der Waals surface area contributed by atoms with E-state index in [9.17, 15) is 4.79 Å². The van der Waals surface area contributed by atoms with Crippen molar-refractivity contribution in [1.82, 2.24) is 20.6 Å². The van der Waals surface area contributed by atoms with E-state index in [-0.39, 0.29) is 12.1 Å². The van der Waals surface area contributed by atoms with E-state index in [1.54, 1.807) is 12.3 Å². The lowest BCUT2D eigenvalue weighted by Crippen LogP contribution is -2.38. The summed E-state index contributed by atoms with van der Waals surface area (Å²) in [4.78, 5) is 19.6. The Balaban J connectivity index is 2.43. The summed E-state index contributed by atoms with van der Waals surface area (Å²) in [5.41, 5.74) is 5.55. The lowest BCUT2D eigenvalue weighted by molar-refractivity contribution is 0.237. The minimum absolute atomic E-state index is 0.211. The molecule has 4 N–H and O–H groups in total. The average Bonchev–Trinajstić information content (AvgIpc) is 2.29. The molecular weight excluding hydrogens is 218 g/mol. The van der Waals surface area contributed by atoms with Crippen molar-refractivity contribution in [3.63, 3.8) is 0 Å². The topological polar surface area (TPSA) is 92.9 Å². The smallest absolute Gasteiger partial charge is 0.315 e. The normalized spacial score (nSPS) is 11.9. The van der Waals surface area contributed by atoms with E-state index in [2.05, 4.69) is 27.5 Å². The van der Waals surface area contributed by atoms with Crippen LogP contribution >= 0.6 is 0 Å². The van der Waals surface area contributed by atoms with Gasteiger partial charge in [0.15, 0.2) is 5.82 Å². The van der Waals surface area contributed by atoms with Crippen molar-refractivity contribution in [3.05, 3.63) is 18.1 Å². The summed E-state index contributed by atoms with van der Waals surface area (Å²) in [5, 5.41) is 5.51. The number of rotatable bonds is 5. The number of nitrogens with two attached hydrogens (primary N) is 1. The van der Waals surface area contributed by atoms with Gasteiger partial charge in [-0.05, 0) is 19.4 Å². The zero-order valence-corrected chi connectivity index (χ0v) is 10.2. The number of unbranched alkanes of at least 4 members (excludes halogenated alkanes) is 1. The van der Waals surface area contributed by atoms with Gasteiger partial charge in [-0.25, -0.2) is 14.8 Å². The van der Waals surface area contributed by atoms with E-state index in [0.29, 0.717) is 18.2 Å². The Morgan fingerprint density at radius 2 is 2.35 bits per heavy atom. The van der Waals surface area contributed by atoms with Crippen LogP contribution in [0.2, 0.25) is 0 Å². The number of anilines is 1. The molecule has 0 saturated carbocycles. The molecule has 1 atom stereocenters. The van der Waals surface area contributed by atoms with Crippen LogP contribution in [0.4, 0.5) is 10.6 Å². The third-order valence-electron chi connectivity index (χ3n) is 2.25. The zero-order valence-electron chi connectivity index (χ0n) is 10.2. The van der Waals surface area contributed by atoms with Crippen molar-refractivity contribution >= 4 is 11.8 Å². The van der Waals surface area contributed by atoms with Crippen LogP contribution in [0.5, 0.6) is 0 Å². The van der Waals surface area contributed by atoms with Gasteiger partial charge in [-0.3, -0.25) is 0 Å². The molecule has 6 nitrogen and oxygen atoms in total. The molecule has 6 heteroatoms. The van der Waals surface area contributed by atoms with Gasteiger partial charge in [-0.1, -0.05) is 13.3 Å². The van der Waals surface area contributed by atoms with Crippen LogP contribution in [-0.4, -0.2) is 22.5 Å². The van der Waals surface area contributed by atoms with E-state index in [0.717, 1.165) is 12.8 Å². The third kappa shape index (κ3) is 4.67. The number of carbonyl (C=O) groups excluding carboxylic acids is 1. The molecule has 0 aliphatic rings. The maximum absolute atomic E-state index is 11.5. The van der Waals surface area contributed by atoms with Gasteiger partial charge < -0.3 is 16.4 Å². The van der Waals surface area contributed by atoms with Crippen molar-refractivity contribution in [1.29, 1.82) is 0 Å². The second-order valence-corrected chi connectivity index (χ2v) is 3.82. The predicted octanol–water partition coefficient (Wildman–Crippen LogP) is 1.22. The summed E-state index contributed by atoms with van der Waals surface area (Å²) < 4.78 is 0. The van der Waals surface area contributed by atoms with Crippen molar-refractivity contribution < 1.29 is 4.79 Å². The molecule has 2 amide bonds. The summed E-state index contributed by atoms with van der Waals surface area (Å²) in [6.07, 6.45) is 3.59. The molecule has 94 valence electrons. The zero-order chi connectivity index (χ0) is 12.7. The fraction of sp³-hybridized carbons (Fsp3) is 0.545. The Labute approximate surface area is 101 Å². The molecule has 0 aliphatic heterocycles. The van der Waals surface area contributed by atoms with Crippen LogP contribution in [0.25, 0.3) is 0 Å². The Morgan fingerprint density at radius 1 is 1.59 bits per heavy atom. The first-order valence-electron chi connectivity index (χ1n) is 5.76. The number of carbonyl (C=O) groups is 1. The van der Waals surface area contributed by atoms with Crippen molar-refractivity contribution in [2.75, 3.05) is 12.3 Å². The fourth-order valence-electron chi connectivity index (χ4n) is 1.29. The van der Waals surface area contributed by atoms with Crippen LogP contribution in [0.1, 0.15) is 38.6 Å². The molecule has 0 bridgehead atoms. The minimum atomic E-state index is -0.264. The summed E-state index contributed by atoms with van der Waals surface area (Å²) in [5.74, 6) is 0.908. The van der Waals surface area contributed by atoms with E-state index in [4.69, 9.17) is 5.73 Å². The van der Waals surface area contributed by atoms with Crippen LogP contribution in [-0.2, 0) is 0 Å². The fourth-order valence-corrected chi connectivity index (χ4v) is 1.29. The highest BCUT2D eigenvalue weighted by Gasteiger charge is 2.11. The van der Waals surface area contributed by atoms with Gasteiger partial charge in [0.25, 0.3) is 0 Å². The quantitative estimate of drug-likeness (QED) is 0.671. The second-order valence-electron chi connectivity index (χ2n) is 3.82. The number of urea groups is 1. The standard InChI is InChI=1S/C11H19N5O/c1-3-4-6-14-11(17)15-8(2)10-13-7-5-9(12)16-10/h5,7-8H,3-4,6H2,1-2H3,(H2,12,13,16)(H2,14,15,17)/t8-/m0/s1. The molecule has 0 spiro atoms. The Hall–Kier alpha value is -1.85. The van der Waals surface area contributed by atoms with Crippen LogP contribution < -0.4 is 16.4 Å². The van der Waals surface area contributed by atoms with Gasteiger partial charge in [0.2, 0.25) is 0 Å². The maximum atomic E-state index is 11.5. The van der Waals surface area contributed by atoms with Gasteiger partial charge in [-0.2, -0.15) is 0 Å². The molecule has 0 fully saturated rings. The highest BCUT2D eigenvalue weighted by atomic mass is 16.2.